The molecule has 0 radical (unpaired) electrons. The van der Waals surface area contributed by atoms with Crippen molar-refractivity contribution in [3.8, 4) is 0 Å². The molecule has 0 aliphatic heterocycles. The highest BCUT2D eigenvalue weighted by Gasteiger charge is 2.17. The third-order valence-corrected chi connectivity index (χ3v) is 3.97. The summed E-state index contributed by atoms with van der Waals surface area (Å²) in [6.45, 7) is 2.49. The largest absolute Gasteiger partial charge is 0.372 e. The molecule has 1 amide bonds. The fraction of sp³-hybridized carbons (Fsp3) is 0.333. The Labute approximate surface area is 132 Å². The van der Waals surface area contributed by atoms with Crippen molar-refractivity contribution >= 4 is 27.7 Å². The summed E-state index contributed by atoms with van der Waals surface area (Å²) in [6, 6.07) is 9.71. The highest BCUT2D eigenvalue weighted by molar-refractivity contribution is 9.10. The SMILES string of the molecule is CCC(OC)C(=O)Nc1ccnn1Cc1ccccc1Br. The Morgan fingerprint density at radius 1 is 1.43 bits per heavy atom. The van der Waals surface area contributed by atoms with Gasteiger partial charge in [-0.15, -0.1) is 0 Å². The molecule has 6 heteroatoms. The summed E-state index contributed by atoms with van der Waals surface area (Å²) in [5.41, 5.74) is 1.09. The van der Waals surface area contributed by atoms with Crippen molar-refractivity contribution in [3.63, 3.8) is 0 Å². The minimum atomic E-state index is -0.447. The van der Waals surface area contributed by atoms with E-state index < -0.39 is 6.10 Å². The summed E-state index contributed by atoms with van der Waals surface area (Å²) in [5, 5.41) is 7.11. The number of anilines is 1. The van der Waals surface area contributed by atoms with Crippen LogP contribution in [0.1, 0.15) is 18.9 Å². The first-order valence-corrected chi connectivity index (χ1v) is 7.54. The maximum atomic E-state index is 12.1. The quantitative estimate of drug-likeness (QED) is 0.869. The predicted molar refractivity (Wildman–Crippen MR) is 85.2 cm³/mol. The van der Waals surface area contributed by atoms with Crippen LogP contribution in [0.2, 0.25) is 0 Å². The molecule has 1 aromatic carbocycles. The first kappa shape index (κ1) is 15.7. The molecule has 0 spiro atoms. The molecule has 2 rings (SSSR count). The molecule has 1 heterocycles. The van der Waals surface area contributed by atoms with Crippen LogP contribution in [0.15, 0.2) is 41.0 Å². The number of methoxy groups -OCH3 is 1. The van der Waals surface area contributed by atoms with Crippen LogP contribution in [0.3, 0.4) is 0 Å². The number of amides is 1. The number of ether oxygens (including phenoxy) is 1. The Balaban J connectivity index is 2.12. The molecule has 0 aliphatic rings. The van der Waals surface area contributed by atoms with Gasteiger partial charge >= 0.3 is 0 Å². The zero-order chi connectivity index (χ0) is 15.2. The summed E-state index contributed by atoms with van der Waals surface area (Å²) in [5.74, 6) is 0.500. The van der Waals surface area contributed by atoms with Crippen molar-refractivity contribution in [2.45, 2.75) is 26.0 Å². The highest BCUT2D eigenvalue weighted by Crippen LogP contribution is 2.19. The van der Waals surface area contributed by atoms with Crippen molar-refractivity contribution in [1.29, 1.82) is 0 Å². The topological polar surface area (TPSA) is 56.1 Å². The van der Waals surface area contributed by atoms with E-state index in [4.69, 9.17) is 4.74 Å². The van der Waals surface area contributed by atoms with Crippen LogP contribution in [-0.2, 0) is 16.1 Å². The van der Waals surface area contributed by atoms with Crippen LogP contribution in [0, 0.1) is 0 Å². The van der Waals surface area contributed by atoms with E-state index in [9.17, 15) is 4.79 Å². The van der Waals surface area contributed by atoms with Gasteiger partial charge in [-0.1, -0.05) is 41.1 Å². The number of carbonyl (C=O) groups excluding carboxylic acids is 1. The van der Waals surface area contributed by atoms with Gasteiger partial charge in [-0.05, 0) is 18.1 Å². The lowest BCUT2D eigenvalue weighted by Crippen LogP contribution is -2.29. The van der Waals surface area contributed by atoms with Gasteiger partial charge in [0.1, 0.15) is 11.9 Å². The van der Waals surface area contributed by atoms with Crippen molar-refractivity contribution in [2.75, 3.05) is 12.4 Å². The number of rotatable bonds is 6. The molecule has 1 aromatic heterocycles. The first-order valence-electron chi connectivity index (χ1n) is 6.74. The third-order valence-electron chi connectivity index (χ3n) is 3.19. The molecule has 21 heavy (non-hydrogen) atoms. The second-order valence-electron chi connectivity index (χ2n) is 4.59. The van der Waals surface area contributed by atoms with Crippen LogP contribution in [0.25, 0.3) is 0 Å². The summed E-state index contributed by atoms with van der Waals surface area (Å²) in [7, 11) is 1.53. The molecular weight excluding hydrogens is 334 g/mol. The Hall–Kier alpha value is -1.66. The number of aromatic nitrogens is 2. The van der Waals surface area contributed by atoms with E-state index in [0.717, 1.165) is 10.0 Å². The molecule has 112 valence electrons. The van der Waals surface area contributed by atoms with E-state index in [1.54, 1.807) is 16.9 Å². The summed E-state index contributed by atoms with van der Waals surface area (Å²) in [4.78, 5) is 12.1. The number of hydrogen-bond acceptors (Lipinski definition) is 3. The number of nitrogens with one attached hydrogen (secondary N) is 1. The van der Waals surface area contributed by atoms with Crippen LogP contribution in [0.4, 0.5) is 5.82 Å². The second kappa shape index (κ2) is 7.38. The maximum absolute atomic E-state index is 12.1. The lowest BCUT2D eigenvalue weighted by molar-refractivity contribution is -0.125. The molecule has 0 aliphatic carbocycles. The van der Waals surface area contributed by atoms with Gasteiger partial charge in [0.05, 0.1) is 12.7 Å². The maximum Gasteiger partial charge on any atom is 0.254 e. The molecule has 0 fully saturated rings. The zero-order valence-electron chi connectivity index (χ0n) is 12.0. The summed E-state index contributed by atoms with van der Waals surface area (Å²) in [6.07, 6.45) is 1.85. The fourth-order valence-electron chi connectivity index (χ4n) is 2.02. The normalized spacial score (nSPS) is 12.1. The molecule has 1 atom stereocenters. The minimum absolute atomic E-state index is 0.158. The lowest BCUT2D eigenvalue weighted by atomic mass is 10.2. The Morgan fingerprint density at radius 2 is 2.19 bits per heavy atom. The van der Waals surface area contributed by atoms with Crippen molar-refractivity contribution in [2.24, 2.45) is 0 Å². The number of halogens is 1. The molecular formula is C15H18BrN3O2. The Morgan fingerprint density at radius 3 is 2.86 bits per heavy atom. The smallest absolute Gasteiger partial charge is 0.254 e. The van der Waals surface area contributed by atoms with Crippen LogP contribution in [-0.4, -0.2) is 28.9 Å². The highest BCUT2D eigenvalue weighted by atomic mass is 79.9. The van der Waals surface area contributed by atoms with E-state index in [1.807, 2.05) is 31.2 Å². The number of benzene rings is 1. The molecule has 1 unspecified atom stereocenters. The van der Waals surface area contributed by atoms with Gasteiger partial charge in [0, 0.05) is 17.6 Å². The van der Waals surface area contributed by atoms with E-state index in [0.29, 0.717) is 18.8 Å². The lowest BCUT2D eigenvalue weighted by Gasteiger charge is -2.14. The summed E-state index contributed by atoms with van der Waals surface area (Å²) < 4.78 is 7.90. The number of nitrogens with zero attached hydrogens (tertiary/aromatic N) is 2. The predicted octanol–water partition coefficient (Wildman–Crippen LogP) is 3.06. The molecule has 0 saturated carbocycles. The van der Waals surface area contributed by atoms with Crippen LogP contribution < -0.4 is 5.32 Å². The van der Waals surface area contributed by atoms with E-state index in [1.165, 1.54) is 7.11 Å². The molecule has 0 bridgehead atoms. The first-order chi connectivity index (χ1) is 10.2. The standard InChI is InChI=1S/C15H18BrN3O2/c1-3-13(21-2)15(20)18-14-8-9-17-19(14)10-11-6-4-5-7-12(11)16/h4-9,13H,3,10H2,1-2H3,(H,18,20). The minimum Gasteiger partial charge on any atom is -0.372 e. The monoisotopic (exact) mass is 351 g/mol. The van der Waals surface area contributed by atoms with Crippen LogP contribution in [0.5, 0.6) is 0 Å². The van der Waals surface area contributed by atoms with E-state index >= 15 is 0 Å². The van der Waals surface area contributed by atoms with Gasteiger partial charge in [-0.3, -0.25) is 4.79 Å². The average molecular weight is 352 g/mol. The summed E-state index contributed by atoms with van der Waals surface area (Å²) >= 11 is 3.51. The number of carbonyl (C=O) groups is 1. The van der Waals surface area contributed by atoms with Crippen molar-refractivity contribution < 1.29 is 9.53 Å². The van der Waals surface area contributed by atoms with Gasteiger partial charge in [-0.2, -0.15) is 5.10 Å². The van der Waals surface area contributed by atoms with Crippen molar-refractivity contribution in [3.05, 3.63) is 46.6 Å². The van der Waals surface area contributed by atoms with Gasteiger partial charge in [0.15, 0.2) is 0 Å². The van der Waals surface area contributed by atoms with Gasteiger partial charge in [-0.25, -0.2) is 4.68 Å². The fourth-order valence-corrected chi connectivity index (χ4v) is 2.43. The van der Waals surface area contributed by atoms with Crippen LogP contribution >= 0.6 is 15.9 Å². The molecule has 0 saturated heterocycles. The molecule has 1 N–H and O–H groups in total. The average Bonchev–Trinajstić information content (AvgIpc) is 2.90. The van der Waals surface area contributed by atoms with Gasteiger partial charge < -0.3 is 10.1 Å². The third kappa shape index (κ3) is 3.92. The van der Waals surface area contributed by atoms with Crippen molar-refractivity contribution in [1.82, 2.24) is 9.78 Å². The van der Waals surface area contributed by atoms with E-state index in [-0.39, 0.29) is 5.91 Å². The van der Waals surface area contributed by atoms with Gasteiger partial charge in [0.25, 0.3) is 5.91 Å². The number of hydrogen-bond donors (Lipinski definition) is 1. The Bertz CT molecular complexity index is 608. The second-order valence-corrected chi connectivity index (χ2v) is 5.44. The molecule has 5 nitrogen and oxygen atoms in total. The zero-order valence-corrected chi connectivity index (χ0v) is 13.6. The Kier molecular flexibility index (Phi) is 5.52. The molecule has 2 aromatic rings. The van der Waals surface area contributed by atoms with Gasteiger partial charge in [0.2, 0.25) is 0 Å². The van der Waals surface area contributed by atoms with E-state index in [2.05, 4.69) is 26.3 Å².